The zero-order chi connectivity index (χ0) is 33.2. The van der Waals surface area contributed by atoms with Crippen LogP contribution < -0.4 is 14.8 Å². The van der Waals surface area contributed by atoms with Crippen LogP contribution in [0.4, 0.5) is 0 Å². The van der Waals surface area contributed by atoms with Gasteiger partial charge in [-0.15, -0.1) is 0 Å². The fourth-order valence-electron chi connectivity index (χ4n) is 5.46. The van der Waals surface area contributed by atoms with Gasteiger partial charge in [-0.3, -0.25) is 9.59 Å². The van der Waals surface area contributed by atoms with Crippen molar-refractivity contribution in [1.29, 1.82) is 0 Å². The summed E-state index contributed by atoms with van der Waals surface area (Å²) in [7, 11) is 4.11. The van der Waals surface area contributed by atoms with E-state index in [1.807, 2.05) is 24.3 Å². The molecule has 0 saturated carbocycles. The smallest absolute Gasteiger partial charge is 0.305 e. The van der Waals surface area contributed by atoms with Gasteiger partial charge in [0.15, 0.2) is 6.29 Å². The highest BCUT2D eigenvalue weighted by Gasteiger charge is 2.45. The number of aliphatic hydroxyl groups excluding tert-OH is 3. The number of methoxy groups -OCH3 is 3. The highest BCUT2D eigenvalue weighted by molar-refractivity contribution is 6.32. The molecule has 0 unspecified atom stereocenters. The van der Waals surface area contributed by atoms with Crippen LogP contribution in [0.3, 0.4) is 0 Å². The van der Waals surface area contributed by atoms with E-state index in [1.165, 1.54) is 33.5 Å². The number of amides is 1. The minimum absolute atomic E-state index is 0.0551. The van der Waals surface area contributed by atoms with Crippen molar-refractivity contribution < 1.29 is 48.6 Å². The zero-order valence-corrected chi connectivity index (χ0v) is 26.9. The standard InChI is InChI=1S/C32H42ClN3O10/c1-42-23-16-24(20(33)15-19(23)31(41)35-28-30(40)29(39)25(17-37)46-32(28)44-3)45-18-26-34-21-11-8-9-12-22(21)36(26)14-10-6-4-5-7-13-27(38)43-2/h8-9,11-12,15-16,25,28-30,32,37,39-40H,4-7,10,13-14,17-18H2,1-3H3,(H,35,41)/t25-,28-,29-,30-,32+/m1/s1. The third kappa shape index (κ3) is 8.46. The predicted molar refractivity (Wildman–Crippen MR) is 168 cm³/mol. The molecule has 0 spiro atoms. The quantitative estimate of drug-likeness (QED) is 0.131. The molecule has 1 saturated heterocycles. The molecule has 2 heterocycles. The highest BCUT2D eigenvalue weighted by Crippen LogP contribution is 2.34. The molecular formula is C32H42ClN3O10. The fourth-order valence-corrected chi connectivity index (χ4v) is 5.68. The molecule has 1 aromatic heterocycles. The van der Waals surface area contributed by atoms with Gasteiger partial charge in [0.2, 0.25) is 0 Å². The summed E-state index contributed by atoms with van der Waals surface area (Å²) >= 11 is 6.57. The van der Waals surface area contributed by atoms with Crippen molar-refractivity contribution in [3.63, 3.8) is 0 Å². The number of aliphatic hydroxyl groups is 3. The molecule has 13 nitrogen and oxygen atoms in total. The molecule has 46 heavy (non-hydrogen) atoms. The number of halogens is 1. The van der Waals surface area contributed by atoms with E-state index in [2.05, 4.69) is 9.88 Å². The van der Waals surface area contributed by atoms with Gasteiger partial charge in [-0.25, -0.2) is 4.98 Å². The monoisotopic (exact) mass is 663 g/mol. The summed E-state index contributed by atoms with van der Waals surface area (Å²) in [4.78, 5) is 29.4. The Morgan fingerprint density at radius 1 is 1.02 bits per heavy atom. The second kappa shape index (κ2) is 16.9. The van der Waals surface area contributed by atoms with Crippen molar-refractivity contribution in [3.8, 4) is 11.5 Å². The molecule has 1 aliphatic rings. The number of rotatable bonds is 16. The maximum Gasteiger partial charge on any atom is 0.305 e. The maximum absolute atomic E-state index is 13.3. The number of hydrogen-bond donors (Lipinski definition) is 4. The Morgan fingerprint density at radius 3 is 2.48 bits per heavy atom. The van der Waals surface area contributed by atoms with Gasteiger partial charge >= 0.3 is 5.97 Å². The minimum atomic E-state index is -1.48. The van der Waals surface area contributed by atoms with Crippen LogP contribution in [-0.4, -0.2) is 95.3 Å². The lowest BCUT2D eigenvalue weighted by Gasteiger charge is -2.41. The summed E-state index contributed by atoms with van der Waals surface area (Å²) in [5.41, 5.74) is 1.88. The van der Waals surface area contributed by atoms with Crippen LogP contribution in [0.2, 0.25) is 5.02 Å². The number of hydrogen-bond acceptors (Lipinski definition) is 11. The Kier molecular flexibility index (Phi) is 13.0. The van der Waals surface area contributed by atoms with Crippen LogP contribution in [0.1, 0.15) is 54.7 Å². The van der Waals surface area contributed by atoms with E-state index in [4.69, 9.17) is 40.3 Å². The molecule has 14 heteroatoms. The third-order valence-corrected chi connectivity index (χ3v) is 8.29. The van der Waals surface area contributed by atoms with E-state index in [9.17, 15) is 24.9 Å². The number of carbonyl (C=O) groups is 2. The molecule has 0 radical (unpaired) electrons. The summed E-state index contributed by atoms with van der Waals surface area (Å²) in [6.07, 6.45) is -0.00988. The van der Waals surface area contributed by atoms with E-state index in [0.29, 0.717) is 12.2 Å². The van der Waals surface area contributed by atoms with Crippen molar-refractivity contribution in [2.24, 2.45) is 0 Å². The largest absolute Gasteiger partial charge is 0.496 e. The van der Waals surface area contributed by atoms with Gasteiger partial charge < -0.3 is 48.9 Å². The number of carbonyl (C=O) groups excluding carboxylic acids is 2. The SMILES string of the molecule is COC(=O)CCCCCCCn1c(COc2cc(OC)c(C(=O)N[C@H]3[C@@H](OC)O[C@H](CO)[C@@H](O)[C@@H]3O)cc2Cl)nc2ccccc21. The molecule has 5 atom stereocenters. The Labute approximate surface area is 272 Å². The molecule has 4 rings (SSSR count). The second-order valence-corrected chi connectivity index (χ2v) is 11.4. The summed E-state index contributed by atoms with van der Waals surface area (Å²) in [6, 6.07) is 9.57. The molecule has 3 aromatic rings. The van der Waals surface area contributed by atoms with Gasteiger partial charge in [0.1, 0.15) is 48.3 Å². The van der Waals surface area contributed by atoms with E-state index in [1.54, 1.807) is 0 Å². The normalized spacial score (nSPS) is 21.2. The lowest BCUT2D eigenvalue weighted by atomic mass is 9.96. The molecule has 2 aromatic carbocycles. The van der Waals surface area contributed by atoms with Crippen LogP contribution in [0.25, 0.3) is 11.0 Å². The maximum atomic E-state index is 13.3. The fraction of sp³-hybridized carbons (Fsp3) is 0.531. The lowest BCUT2D eigenvalue weighted by molar-refractivity contribution is -0.261. The van der Waals surface area contributed by atoms with Gasteiger partial charge in [0.05, 0.1) is 42.4 Å². The van der Waals surface area contributed by atoms with E-state index < -0.39 is 43.2 Å². The van der Waals surface area contributed by atoms with Crippen LogP contribution in [0, 0.1) is 0 Å². The number of nitrogens with one attached hydrogen (secondary N) is 1. The number of aryl methyl sites for hydroxylation is 1. The first-order valence-electron chi connectivity index (χ1n) is 15.2. The predicted octanol–water partition coefficient (Wildman–Crippen LogP) is 2.97. The summed E-state index contributed by atoms with van der Waals surface area (Å²) < 4.78 is 29.1. The van der Waals surface area contributed by atoms with Crippen LogP contribution >= 0.6 is 11.6 Å². The number of unbranched alkanes of at least 4 members (excludes halogenated alkanes) is 4. The molecular weight excluding hydrogens is 622 g/mol. The average molecular weight is 664 g/mol. The number of fused-ring (bicyclic) bond motifs is 1. The molecule has 252 valence electrons. The Balaban J connectivity index is 1.43. The first-order valence-corrected chi connectivity index (χ1v) is 15.6. The Bertz CT molecular complexity index is 1470. The molecule has 0 aliphatic carbocycles. The minimum Gasteiger partial charge on any atom is -0.496 e. The van der Waals surface area contributed by atoms with Crippen molar-refractivity contribution in [1.82, 2.24) is 14.9 Å². The highest BCUT2D eigenvalue weighted by atomic mass is 35.5. The number of aromatic nitrogens is 2. The number of nitrogens with zero attached hydrogens (tertiary/aromatic N) is 2. The van der Waals surface area contributed by atoms with E-state index >= 15 is 0 Å². The van der Waals surface area contributed by atoms with Crippen LogP contribution in [0.15, 0.2) is 36.4 Å². The van der Waals surface area contributed by atoms with Gasteiger partial charge in [0.25, 0.3) is 5.91 Å². The van der Waals surface area contributed by atoms with Crippen molar-refractivity contribution in [3.05, 3.63) is 52.8 Å². The first-order chi connectivity index (χ1) is 22.2. The zero-order valence-electron chi connectivity index (χ0n) is 26.2. The van der Waals surface area contributed by atoms with Gasteiger partial charge in [-0.2, -0.15) is 0 Å². The summed E-state index contributed by atoms with van der Waals surface area (Å²) in [5, 5.41) is 33.1. The number of ether oxygens (including phenoxy) is 5. The molecule has 4 N–H and O–H groups in total. The average Bonchev–Trinajstić information content (AvgIpc) is 3.42. The van der Waals surface area contributed by atoms with Crippen LogP contribution in [0.5, 0.6) is 11.5 Å². The molecule has 1 amide bonds. The summed E-state index contributed by atoms with van der Waals surface area (Å²) in [5.74, 6) is 0.295. The molecule has 1 aliphatic heterocycles. The second-order valence-electron chi connectivity index (χ2n) is 11.0. The van der Waals surface area contributed by atoms with Gasteiger partial charge in [0, 0.05) is 26.1 Å². The van der Waals surface area contributed by atoms with Gasteiger partial charge in [-0.05, 0) is 31.0 Å². The van der Waals surface area contributed by atoms with Crippen LogP contribution in [-0.2, 0) is 32.2 Å². The van der Waals surface area contributed by atoms with Gasteiger partial charge in [-0.1, -0.05) is 43.0 Å². The molecule has 0 bridgehead atoms. The summed E-state index contributed by atoms with van der Waals surface area (Å²) in [6.45, 7) is 0.298. The lowest BCUT2D eigenvalue weighted by Crippen LogP contribution is -2.64. The number of para-hydroxylation sites is 2. The van der Waals surface area contributed by atoms with Crippen molar-refractivity contribution in [2.75, 3.05) is 27.9 Å². The Hall–Kier alpha value is -3.46. The Morgan fingerprint density at radius 2 is 1.76 bits per heavy atom. The van der Waals surface area contributed by atoms with E-state index in [0.717, 1.165) is 49.7 Å². The third-order valence-electron chi connectivity index (χ3n) is 7.99. The number of benzene rings is 2. The van der Waals surface area contributed by atoms with E-state index in [-0.39, 0.29) is 34.7 Å². The first kappa shape index (κ1) is 35.4. The topological polar surface area (TPSA) is 171 Å². The number of imidazole rings is 1. The van der Waals surface area contributed by atoms with Crippen molar-refractivity contribution >= 4 is 34.5 Å². The molecule has 1 fully saturated rings. The number of esters is 1. The van der Waals surface area contributed by atoms with Crippen molar-refractivity contribution in [2.45, 2.75) is 82.3 Å².